The molecule has 2 aliphatic rings. The fourth-order valence-electron chi connectivity index (χ4n) is 2.81. The molecule has 0 unspecified atom stereocenters. The van der Waals surface area contributed by atoms with Crippen molar-refractivity contribution in [3.8, 4) is 0 Å². The summed E-state index contributed by atoms with van der Waals surface area (Å²) in [6.07, 6.45) is 1.59. The first-order chi connectivity index (χ1) is 10.3. The van der Waals surface area contributed by atoms with E-state index in [4.69, 9.17) is 9.47 Å². The maximum Gasteiger partial charge on any atom is 0.334 e. The Hall–Kier alpha value is -1.44. The molecule has 0 spiro atoms. The van der Waals surface area contributed by atoms with Crippen molar-refractivity contribution in [2.45, 2.75) is 44.4 Å². The number of carbonyl (C=O) groups is 2. The van der Waals surface area contributed by atoms with Gasteiger partial charge in [-0.25, -0.2) is 9.59 Å². The Bertz CT molecular complexity index is 471. The first-order valence-corrected chi connectivity index (χ1v) is 7.16. The topological polar surface area (TPSA) is 91.3 Å². The summed E-state index contributed by atoms with van der Waals surface area (Å²) in [5, 5.41) is 9.90. The number of aliphatic hydroxyl groups excluding tert-OH is 1. The summed E-state index contributed by atoms with van der Waals surface area (Å²) in [5.74, 6) is -2.16. The van der Waals surface area contributed by atoms with Crippen LogP contribution in [0.3, 0.4) is 0 Å². The van der Waals surface area contributed by atoms with E-state index >= 15 is 0 Å². The molecular formula is C15H22O7. The van der Waals surface area contributed by atoms with Crippen molar-refractivity contribution in [2.24, 2.45) is 11.8 Å². The average Bonchev–Trinajstić information content (AvgIpc) is 3.21. The van der Waals surface area contributed by atoms with E-state index in [1.807, 2.05) is 0 Å². The van der Waals surface area contributed by atoms with Gasteiger partial charge in [0.25, 0.3) is 0 Å². The summed E-state index contributed by atoms with van der Waals surface area (Å²) in [5.41, 5.74) is 0. The summed E-state index contributed by atoms with van der Waals surface area (Å²) in [7, 11) is 2.53. The Kier molecular flexibility index (Phi) is 4.89. The van der Waals surface area contributed by atoms with E-state index < -0.39 is 29.9 Å². The molecule has 0 aromatic heterocycles. The monoisotopic (exact) mass is 314 g/mol. The van der Waals surface area contributed by atoms with Crippen molar-refractivity contribution in [3.63, 3.8) is 0 Å². The standard InChI is InChI=1S/C15H22O7/c1-15(2)21-10(5-6-11(16)19-3)13(22-15)9-7-8(9)12(17)14(18)20-4/h5-6,8-10,12-13,17H,7H2,1-4H3/b6-5+/t8-,9-,10+,12+,13-/m1/s1. The third kappa shape index (κ3) is 3.66. The minimum Gasteiger partial charge on any atom is -0.467 e. The van der Waals surface area contributed by atoms with Gasteiger partial charge in [-0.05, 0) is 32.3 Å². The van der Waals surface area contributed by atoms with E-state index in [0.29, 0.717) is 6.42 Å². The van der Waals surface area contributed by atoms with Crippen molar-refractivity contribution in [3.05, 3.63) is 12.2 Å². The van der Waals surface area contributed by atoms with Crippen LogP contribution in [0, 0.1) is 11.8 Å². The van der Waals surface area contributed by atoms with E-state index in [9.17, 15) is 14.7 Å². The van der Waals surface area contributed by atoms with E-state index in [0.717, 1.165) is 0 Å². The molecule has 1 N–H and O–H groups in total. The van der Waals surface area contributed by atoms with Gasteiger partial charge in [-0.1, -0.05) is 0 Å². The van der Waals surface area contributed by atoms with Gasteiger partial charge in [-0.2, -0.15) is 0 Å². The molecule has 2 rings (SSSR count). The second-order valence-electron chi connectivity index (χ2n) is 5.98. The summed E-state index contributed by atoms with van der Waals surface area (Å²) in [6.45, 7) is 3.56. The Morgan fingerprint density at radius 3 is 2.55 bits per heavy atom. The van der Waals surface area contributed by atoms with Crippen molar-refractivity contribution in [1.82, 2.24) is 0 Å². The van der Waals surface area contributed by atoms with Crippen LogP contribution in [0.5, 0.6) is 0 Å². The van der Waals surface area contributed by atoms with Gasteiger partial charge in [0, 0.05) is 12.0 Å². The second-order valence-corrected chi connectivity index (χ2v) is 5.98. The molecule has 0 aromatic rings. The third-order valence-corrected chi connectivity index (χ3v) is 3.95. The van der Waals surface area contributed by atoms with Gasteiger partial charge in [-0.15, -0.1) is 0 Å². The van der Waals surface area contributed by atoms with Crippen molar-refractivity contribution >= 4 is 11.9 Å². The first-order valence-electron chi connectivity index (χ1n) is 7.16. The molecule has 22 heavy (non-hydrogen) atoms. The summed E-state index contributed by atoms with van der Waals surface area (Å²) in [4.78, 5) is 22.6. The Balaban J connectivity index is 2.04. The zero-order valence-electron chi connectivity index (χ0n) is 13.1. The third-order valence-electron chi connectivity index (χ3n) is 3.95. The smallest absolute Gasteiger partial charge is 0.334 e. The average molecular weight is 314 g/mol. The molecule has 0 bridgehead atoms. The predicted octanol–water partition coefficient (Wildman–Crippen LogP) is 0.406. The van der Waals surface area contributed by atoms with E-state index in [1.54, 1.807) is 19.9 Å². The van der Waals surface area contributed by atoms with Crippen LogP contribution in [-0.2, 0) is 28.5 Å². The van der Waals surface area contributed by atoms with Crippen molar-refractivity contribution < 1.29 is 33.6 Å². The first kappa shape index (κ1) is 16.9. The van der Waals surface area contributed by atoms with Crippen LogP contribution in [0.4, 0.5) is 0 Å². The molecule has 2 fully saturated rings. The van der Waals surface area contributed by atoms with Gasteiger partial charge < -0.3 is 24.1 Å². The number of ether oxygens (including phenoxy) is 4. The lowest BCUT2D eigenvalue weighted by molar-refractivity contribution is -0.153. The van der Waals surface area contributed by atoms with Crippen LogP contribution in [0.15, 0.2) is 12.2 Å². The van der Waals surface area contributed by atoms with E-state index in [1.165, 1.54) is 20.3 Å². The number of esters is 2. The maximum atomic E-state index is 11.4. The molecule has 7 heteroatoms. The van der Waals surface area contributed by atoms with Crippen molar-refractivity contribution in [2.75, 3.05) is 14.2 Å². The number of hydrogen-bond acceptors (Lipinski definition) is 7. The van der Waals surface area contributed by atoms with Gasteiger partial charge in [0.05, 0.1) is 20.3 Å². The maximum absolute atomic E-state index is 11.4. The Labute approximate surface area is 129 Å². The summed E-state index contributed by atoms with van der Waals surface area (Å²) in [6, 6.07) is 0. The van der Waals surface area contributed by atoms with Crippen LogP contribution in [0.2, 0.25) is 0 Å². The molecular weight excluding hydrogens is 292 g/mol. The van der Waals surface area contributed by atoms with E-state index in [-0.39, 0.29) is 17.9 Å². The molecule has 0 amide bonds. The molecule has 1 aliphatic carbocycles. The number of methoxy groups -OCH3 is 2. The Morgan fingerprint density at radius 1 is 1.27 bits per heavy atom. The van der Waals surface area contributed by atoms with Crippen LogP contribution in [0.1, 0.15) is 20.3 Å². The zero-order valence-corrected chi connectivity index (χ0v) is 13.1. The molecule has 1 heterocycles. The van der Waals surface area contributed by atoms with Gasteiger partial charge in [0.2, 0.25) is 0 Å². The summed E-state index contributed by atoms with van der Waals surface area (Å²) >= 11 is 0. The largest absolute Gasteiger partial charge is 0.467 e. The molecule has 1 saturated heterocycles. The van der Waals surface area contributed by atoms with Crippen molar-refractivity contribution in [1.29, 1.82) is 0 Å². The van der Waals surface area contributed by atoms with Crippen LogP contribution in [0.25, 0.3) is 0 Å². The van der Waals surface area contributed by atoms with Gasteiger partial charge in [-0.3, -0.25) is 0 Å². The number of aliphatic hydroxyl groups is 1. The highest BCUT2D eigenvalue weighted by Gasteiger charge is 2.56. The number of rotatable bonds is 5. The molecule has 0 radical (unpaired) electrons. The lowest BCUT2D eigenvalue weighted by atomic mass is 10.0. The second kappa shape index (κ2) is 6.36. The molecule has 1 saturated carbocycles. The fraction of sp³-hybridized carbons (Fsp3) is 0.733. The van der Waals surface area contributed by atoms with Crippen LogP contribution in [-0.4, -0.2) is 55.4 Å². The van der Waals surface area contributed by atoms with E-state index in [2.05, 4.69) is 9.47 Å². The highest BCUT2D eigenvalue weighted by atomic mass is 16.8. The number of carbonyl (C=O) groups excluding carboxylic acids is 2. The predicted molar refractivity (Wildman–Crippen MR) is 74.6 cm³/mol. The van der Waals surface area contributed by atoms with Gasteiger partial charge >= 0.3 is 11.9 Å². The minimum absolute atomic E-state index is 0.0248. The summed E-state index contributed by atoms with van der Waals surface area (Å²) < 4.78 is 20.7. The molecule has 7 nitrogen and oxygen atoms in total. The normalized spacial score (nSPS) is 34.4. The van der Waals surface area contributed by atoms with Gasteiger partial charge in [0.1, 0.15) is 6.10 Å². The fourth-order valence-corrected chi connectivity index (χ4v) is 2.81. The lowest BCUT2D eigenvalue weighted by Crippen LogP contribution is -2.30. The molecule has 1 aliphatic heterocycles. The highest BCUT2D eigenvalue weighted by molar-refractivity contribution is 5.81. The molecule has 124 valence electrons. The minimum atomic E-state index is -1.16. The van der Waals surface area contributed by atoms with Crippen LogP contribution < -0.4 is 0 Å². The lowest BCUT2D eigenvalue weighted by Gasteiger charge is -2.17. The Morgan fingerprint density at radius 2 is 1.95 bits per heavy atom. The van der Waals surface area contributed by atoms with Crippen LogP contribution >= 0.6 is 0 Å². The van der Waals surface area contributed by atoms with Gasteiger partial charge in [0.15, 0.2) is 11.9 Å². The zero-order chi connectivity index (χ0) is 16.5. The number of hydrogen-bond donors (Lipinski definition) is 1. The molecule has 5 atom stereocenters. The molecule has 0 aromatic carbocycles. The SMILES string of the molecule is COC(=O)/C=C/[C@@H]1OC(C)(C)O[C@@H]1[C@@H]1C[C@H]1[C@H](O)C(=O)OC. The quantitative estimate of drug-likeness (QED) is 0.580. The highest BCUT2D eigenvalue weighted by Crippen LogP contribution is 2.50.